The zero-order valence-electron chi connectivity index (χ0n) is 11.3. The van der Waals surface area contributed by atoms with E-state index >= 15 is 0 Å². The Kier molecular flexibility index (Phi) is 3.54. The van der Waals surface area contributed by atoms with Gasteiger partial charge in [-0.15, -0.1) is 0 Å². The first-order chi connectivity index (χ1) is 9.27. The van der Waals surface area contributed by atoms with E-state index < -0.39 is 0 Å². The molecule has 19 heavy (non-hydrogen) atoms. The third-order valence-electron chi connectivity index (χ3n) is 4.21. The Bertz CT molecular complexity index is 570. The highest BCUT2D eigenvalue weighted by atomic mass is 16.5. The molecule has 1 atom stereocenters. The van der Waals surface area contributed by atoms with Crippen molar-refractivity contribution in [3.05, 3.63) is 47.5 Å². The van der Waals surface area contributed by atoms with Crippen LogP contribution < -0.4 is 0 Å². The van der Waals surface area contributed by atoms with Crippen LogP contribution in [0.1, 0.15) is 30.1 Å². The van der Waals surface area contributed by atoms with Gasteiger partial charge in [0, 0.05) is 13.2 Å². The van der Waals surface area contributed by atoms with Crippen LogP contribution in [-0.4, -0.2) is 18.3 Å². The molecular weight excluding hydrogens is 236 g/mol. The lowest BCUT2D eigenvalue weighted by Gasteiger charge is -2.28. The van der Waals surface area contributed by atoms with Gasteiger partial charge in [-0.2, -0.15) is 0 Å². The van der Waals surface area contributed by atoms with E-state index in [0.717, 1.165) is 31.6 Å². The predicted octanol–water partition coefficient (Wildman–Crippen LogP) is 3.61. The normalized spacial score (nSPS) is 18.6. The first kappa shape index (κ1) is 12.6. The standard InChI is InChI=1S/C17H20O2/c1-12-6-7-16(15-5-3-2-4-14(12)15)17(18)13-8-10-19-11-9-13/h2-7,13,17-18H,8-11H2,1H3. The topological polar surface area (TPSA) is 29.5 Å². The second kappa shape index (κ2) is 5.32. The Hall–Kier alpha value is -1.38. The molecule has 100 valence electrons. The minimum Gasteiger partial charge on any atom is -0.388 e. The van der Waals surface area contributed by atoms with Crippen molar-refractivity contribution in [2.75, 3.05) is 13.2 Å². The summed E-state index contributed by atoms with van der Waals surface area (Å²) in [6.45, 7) is 3.66. The van der Waals surface area contributed by atoms with Crippen LogP contribution >= 0.6 is 0 Å². The summed E-state index contributed by atoms with van der Waals surface area (Å²) in [4.78, 5) is 0. The third kappa shape index (κ3) is 2.38. The highest BCUT2D eigenvalue weighted by molar-refractivity contribution is 5.88. The average molecular weight is 256 g/mol. The van der Waals surface area contributed by atoms with Gasteiger partial charge < -0.3 is 9.84 Å². The highest BCUT2D eigenvalue weighted by Crippen LogP contribution is 2.34. The average Bonchev–Trinajstić information content (AvgIpc) is 2.48. The van der Waals surface area contributed by atoms with E-state index in [2.05, 4.69) is 37.3 Å². The van der Waals surface area contributed by atoms with Crippen molar-refractivity contribution < 1.29 is 9.84 Å². The molecule has 1 heterocycles. The van der Waals surface area contributed by atoms with E-state index in [1.165, 1.54) is 16.3 Å². The molecule has 3 rings (SSSR count). The molecule has 0 aliphatic carbocycles. The molecule has 0 aromatic heterocycles. The summed E-state index contributed by atoms with van der Waals surface area (Å²) < 4.78 is 5.38. The summed E-state index contributed by atoms with van der Waals surface area (Å²) in [5, 5.41) is 13.1. The maximum Gasteiger partial charge on any atom is 0.0825 e. The number of aliphatic hydroxyl groups excluding tert-OH is 1. The van der Waals surface area contributed by atoms with Gasteiger partial charge in [-0.05, 0) is 47.6 Å². The van der Waals surface area contributed by atoms with Gasteiger partial charge in [0.15, 0.2) is 0 Å². The minimum atomic E-state index is -0.380. The predicted molar refractivity (Wildman–Crippen MR) is 77.2 cm³/mol. The fourth-order valence-corrected chi connectivity index (χ4v) is 3.02. The summed E-state index contributed by atoms with van der Waals surface area (Å²) in [6.07, 6.45) is 1.52. The highest BCUT2D eigenvalue weighted by Gasteiger charge is 2.24. The van der Waals surface area contributed by atoms with Crippen molar-refractivity contribution in [2.24, 2.45) is 5.92 Å². The van der Waals surface area contributed by atoms with Gasteiger partial charge >= 0.3 is 0 Å². The SMILES string of the molecule is Cc1ccc(C(O)C2CCOCC2)c2ccccc12. The molecule has 1 aliphatic rings. The molecule has 1 saturated heterocycles. The fourth-order valence-electron chi connectivity index (χ4n) is 3.02. The van der Waals surface area contributed by atoms with Crippen LogP contribution in [0, 0.1) is 12.8 Å². The molecule has 0 amide bonds. The molecular formula is C17H20O2. The number of aryl methyl sites for hydroxylation is 1. The number of ether oxygens (including phenoxy) is 1. The Morgan fingerprint density at radius 2 is 1.74 bits per heavy atom. The summed E-state index contributed by atoms with van der Waals surface area (Å²) in [6, 6.07) is 12.5. The zero-order chi connectivity index (χ0) is 13.2. The van der Waals surface area contributed by atoms with Crippen LogP contribution in [0.5, 0.6) is 0 Å². The Labute approximate surface area is 114 Å². The lowest BCUT2D eigenvalue weighted by Crippen LogP contribution is -2.22. The molecule has 0 bridgehead atoms. The van der Waals surface area contributed by atoms with E-state index in [-0.39, 0.29) is 6.10 Å². The molecule has 2 heteroatoms. The number of rotatable bonds is 2. The Morgan fingerprint density at radius 1 is 1.05 bits per heavy atom. The van der Waals surface area contributed by atoms with Gasteiger partial charge in [-0.1, -0.05) is 36.4 Å². The number of benzene rings is 2. The molecule has 2 nitrogen and oxygen atoms in total. The molecule has 0 saturated carbocycles. The molecule has 1 N–H and O–H groups in total. The second-order valence-electron chi connectivity index (χ2n) is 5.41. The lowest BCUT2D eigenvalue weighted by atomic mass is 9.86. The molecule has 2 aromatic rings. The third-order valence-corrected chi connectivity index (χ3v) is 4.21. The molecule has 1 fully saturated rings. The Balaban J connectivity index is 2.02. The molecule has 1 aliphatic heterocycles. The van der Waals surface area contributed by atoms with Crippen LogP contribution in [0.25, 0.3) is 10.8 Å². The summed E-state index contributed by atoms with van der Waals surface area (Å²) in [7, 11) is 0. The molecule has 0 spiro atoms. The van der Waals surface area contributed by atoms with E-state index in [1.54, 1.807) is 0 Å². The molecule has 2 aromatic carbocycles. The Morgan fingerprint density at radius 3 is 2.47 bits per heavy atom. The van der Waals surface area contributed by atoms with E-state index in [9.17, 15) is 5.11 Å². The van der Waals surface area contributed by atoms with Crippen LogP contribution in [-0.2, 0) is 4.74 Å². The number of fused-ring (bicyclic) bond motifs is 1. The van der Waals surface area contributed by atoms with Crippen molar-refractivity contribution >= 4 is 10.8 Å². The smallest absolute Gasteiger partial charge is 0.0825 e. The minimum absolute atomic E-state index is 0.319. The lowest BCUT2D eigenvalue weighted by molar-refractivity contribution is 0.00773. The van der Waals surface area contributed by atoms with Gasteiger partial charge in [0.25, 0.3) is 0 Å². The van der Waals surface area contributed by atoms with Crippen molar-refractivity contribution in [3.8, 4) is 0 Å². The van der Waals surface area contributed by atoms with Crippen molar-refractivity contribution in [1.82, 2.24) is 0 Å². The van der Waals surface area contributed by atoms with Gasteiger partial charge in [0.2, 0.25) is 0 Å². The first-order valence-corrected chi connectivity index (χ1v) is 7.01. The van der Waals surface area contributed by atoms with E-state index in [1.807, 2.05) is 6.07 Å². The number of hydrogen-bond acceptors (Lipinski definition) is 2. The first-order valence-electron chi connectivity index (χ1n) is 7.01. The summed E-state index contributed by atoms with van der Waals surface area (Å²) in [5.41, 5.74) is 2.33. The van der Waals surface area contributed by atoms with Crippen LogP contribution in [0.2, 0.25) is 0 Å². The summed E-state index contributed by atoms with van der Waals surface area (Å²) in [5.74, 6) is 0.319. The van der Waals surface area contributed by atoms with Crippen LogP contribution in [0.15, 0.2) is 36.4 Å². The van der Waals surface area contributed by atoms with Crippen molar-refractivity contribution in [3.63, 3.8) is 0 Å². The maximum atomic E-state index is 10.7. The zero-order valence-corrected chi connectivity index (χ0v) is 11.3. The van der Waals surface area contributed by atoms with Crippen molar-refractivity contribution in [2.45, 2.75) is 25.9 Å². The van der Waals surface area contributed by atoms with E-state index in [4.69, 9.17) is 4.74 Å². The van der Waals surface area contributed by atoms with Crippen LogP contribution in [0.3, 0.4) is 0 Å². The van der Waals surface area contributed by atoms with E-state index in [0.29, 0.717) is 5.92 Å². The van der Waals surface area contributed by atoms with Gasteiger partial charge in [-0.3, -0.25) is 0 Å². The van der Waals surface area contributed by atoms with Gasteiger partial charge in [0.05, 0.1) is 6.10 Å². The fraction of sp³-hybridized carbons (Fsp3) is 0.412. The van der Waals surface area contributed by atoms with Crippen molar-refractivity contribution in [1.29, 1.82) is 0 Å². The van der Waals surface area contributed by atoms with Gasteiger partial charge in [0.1, 0.15) is 0 Å². The van der Waals surface area contributed by atoms with Crippen LogP contribution in [0.4, 0.5) is 0 Å². The largest absolute Gasteiger partial charge is 0.388 e. The second-order valence-corrected chi connectivity index (χ2v) is 5.41. The summed E-state index contributed by atoms with van der Waals surface area (Å²) >= 11 is 0. The van der Waals surface area contributed by atoms with Gasteiger partial charge in [-0.25, -0.2) is 0 Å². The quantitative estimate of drug-likeness (QED) is 0.889. The number of hydrogen-bond donors (Lipinski definition) is 1. The maximum absolute atomic E-state index is 10.7. The molecule has 0 radical (unpaired) electrons. The molecule has 1 unspecified atom stereocenters. The monoisotopic (exact) mass is 256 g/mol. The number of aliphatic hydroxyl groups is 1.